The van der Waals surface area contributed by atoms with E-state index in [0.29, 0.717) is 16.2 Å². The van der Waals surface area contributed by atoms with Gasteiger partial charge in [-0.3, -0.25) is 0 Å². The largest absolute Gasteiger partial charge is 0.384 e. The topological polar surface area (TPSA) is 104 Å². The van der Waals surface area contributed by atoms with Crippen molar-refractivity contribution in [3.63, 3.8) is 0 Å². The average Bonchev–Trinajstić information content (AvgIpc) is 2.38. The Kier molecular flexibility index (Phi) is 9.36. The number of anilines is 2. The quantitative estimate of drug-likeness (QED) is 0.592. The van der Waals surface area contributed by atoms with Crippen LogP contribution < -0.4 is 11.5 Å². The Morgan fingerprint density at radius 2 is 1.36 bits per heavy atom. The van der Waals surface area contributed by atoms with Gasteiger partial charge in [-0.2, -0.15) is 0 Å². The lowest BCUT2D eigenvalue weighted by atomic mass is 10.2. The van der Waals surface area contributed by atoms with Gasteiger partial charge in [0.25, 0.3) is 0 Å². The average molecular weight is 365 g/mol. The first kappa shape index (κ1) is 19.7. The molecule has 0 aliphatic carbocycles. The first-order chi connectivity index (χ1) is 10.2. The molecule has 2 aromatic heterocycles. The highest BCUT2D eigenvalue weighted by molar-refractivity contribution is 9.10. The Labute approximate surface area is 139 Å². The van der Waals surface area contributed by atoms with Gasteiger partial charge in [-0.25, -0.2) is 19.9 Å². The fourth-order valence-corrected chi connectivity index (χ4v) is 1.28. The third-order valence-electron chi connectivity index (χ3n) is 1.78. The van der Waals surface area contributed by atoms with E-state index < -0.39 is 0 Å². The number of aromatic nitrogens is 4. The molecule has 0 unspecified atom stereocenters. The maximum absolute atomic E-state index is 5.40. The molecule has 0 atom stereocenters. The molecule has 4 N–H and O–H groups in total. The van der Waals surface area contributed by atoms with E-state index in [1.807, 2.05) is 20.8 Å². The summed E-state index contributed by atoms with van der Waals surface area (Å²) in [4.78, 5) is 15.1. The zero-order valence-electron chi connectivity index (χ0n) is 13.0. The number of hydrogen-bond acceptors (Lipinski definition) is 6. The highest BCUT2D eigenvalue weighted by Gasteiger charge is 1.93. The molecule has 0 saturated carbocycles. The molecule has 118 valence electrons. The van der Waals surface area contributed by atoms with Gasteiger partial charge >= 0.3 is 0 Å². The number of halogens is 1. The van der Waals surface area contributed by atoms with E-state index in [2.05, 4.69) is 49.0 Å². The number of rotatable bonds is 1. The second-order valence-corrected chi connectivity index (χ2v) is 5.39. The second-order valence-electron chi connectivity index (χ2n) is 4.58. The van der Waals surface area contributed by atoms with Crippen LogP contribution in [0.4, 0.5) is 11.6 Å². The number of allylic oxidation sites excluding steroid dienone is 2. The molecule has 0 aromatic carbocycles. The van der Waals surface area contributed by atoms with Crippen LogP contribution in [-0.2, 0) is 0 Å². The van der Waals surface area contributed by atoms with E-state index in [-0.39, 0.29) is 0 Å². The molecule has 0 amide bonds. The first-order valence-electron chi connectivity index (χ1n) is 6.31. The first-order valence-corrected chi connectivity index (χ1v) is 7.10. The summed E-state index contributed by atoms with van der Waals surface area (Å²) in [7, 11) is 0. The van der Waals surface area contributed by atoms with Crippen LogP contribution in [0.5, 0.6) is 0 Å². The molecular formula is C15H21BrN6. The van der Waals surface area contributed by atoms with E-state index in [4.69, 9.17) is 11.5 Å². The van der Waals surface area contributed by atoms with Crippen LogP contribution in [0, 0.1) is 0 Å². The molecule has 7 heteroatoms. The molecule has 2 aromatic rings. The van der Waals surface area contributed by atoms with Crippen LogP contribution in [0.25, 0.3) is 5.57 Å². The predicted octanol–water partition coefficient (Wildman–Crippen LogP) is 3.50. The molecular weight excluding hydrogens is 344 g/mol. The minimum atomic E-state index is 0.479. The fourth-order valence-electron chi connectivity index (χ4n) is 0.953. The van der Waals surface area contributed by atoms with Crippen molar-refractivity contribution in [2.45, 2.75) is 20.8 Å². The molecule has 2 rings (SSSR count). The van der Waals surface area contributed by atoms with Crippen molar-refractivity contribution in [2.75, 3.05) is 11.5 Å². The molecule has 22 heavy (non-hydrogen) atoms. The maximum atomic E-state index is 5.40. The van der Waals surface area contributed by atoms with Crippen molar-refractivity contribution in [1.82, 2.24) is 19.9 Å². The van der Waals surface area contributed by atoms with E-state index in [0.717, 1.165) is 11.3 Å². The number of nitrogens with two attached hydrogens (primary N) is 2. The van der Waals surface area contributed by atoms with Crippen molar-refractivity contribution < 1.29 is 0 Å². The molecule has 0 bridgehead atoms. The molecule has 0 aliphatic rings. The highest BCUT2D eigenvalue weighted by atomic mass is 79.9. The normalized spacial score (nSPS) is 8.73. The zero-order chi connectivity index (χ0) is 17.1. The Bertz CT molecular complexity index is 606. The van der Waals surface area contributed by atoms with E-state index in [9.17, 15) is 0 Å². The summed E-state index contributed by atoms with van der Waals surface area (Å²) in [5, 5.41) is 0. The summed E-state index contributed by atoms with van der Waals surface area (Å²) >= 11 is 3.13. The van der Waals surface area contributed by atoms with Crippen LogP contribution in [0.2, 0.25) is 0 Å². The second kappa shape index (κ2) is 10.4. The van der Waals surface area contributed by atoms with Crippen LogP contribution in [-0.4, -0.2) is 19.9 Å². The van der Waals surface area contributed by atoms with Gasteiger partial charge < -0.3 is 11.5 Å². The summed E-state index contributed by atoms with van der Waals surface area (Å²) < 4.78 is 0.713. The SMILES string of the molecule is C=C(C)C.C=C(C)c1cc(N)ncn1.Nc1cc(Br)ncn1. The Morgan fingerprint density at radius 3 is 1.64 bits per heavy atom. The van der Waals surface area contributed by atoms with E-state index in [1.165, 1.54) is 18.2 Å². The molecule has 0 radical (unpaired) electrons. The molecule has 6 nitrogen and oxygen atoms in total. The van der Waals surface area contributed by atoms with Gasteiger partial charge in [-0.15, -0.1) is 6.58 Å². The molecule has 0 fully saturated rings. The minimum absolute atomic E-state index is 0.479. The summed E-state index contributed by atoms with van der Waals surface area (Å²) in [6, 6.07) is 3.34. The lowest BCUT2D eigenvalue weighted by Crippen LogP contribution is -1.93. The van der Waals surface area contributed by atoms with Gasteiger partial charge in [0.2, 0.25) is 0 Å². The molecule has 0 spiro atoms. The van der Waals surface area contributed by atoms with Crippen LogP contribution in [0.15, 0.2) is 48.1 Å². The maximum Gasteiger partial charge on any atom is 0.127 e. The predicted molar refractivity (Wildman–Crippen MR) is 95.8 cm³/mol. The molecule has 0 aliphatic heterocycles. The summed E-state index contributed by atoms with van der Waals surface area (Å²) in [5.41, 5.74) is 13.5. The van der Waals surface area contributed by atoms with Crippen molar-refractivity contribution in [3.8, 4) is 0 Å². The molecule has 0 saturated heterocycles. The van der Waals surface area contributed by atoms with Gasteiger partial charge in [-0.1, -0.05) is 12.2 Å². The Balaban J connectivity index is 0.000000330. The summed E-state index contributed by atoms with van der Waals surface area (Å²) in [6.45, 7) is 13.1. The fraction of sp³-hybridized carbons (Fsp3) is 0.200. The Morgan fingerprint density at radius 1 is 0.909 bits per heavy atom. The zero-order valence-corrected chi connectivity index (χ0v) is 14.6. The van der Waals surface area contributed by atoms with Crippen molar-refractivity contribution in [1.29, 1.82) is 0 Å². The van der Waals surface area contributed by atoms with Gasteiger partial charge in [-0.05, 0) is 42.3 Å². The number of nitrogens with zero attached hydrogens (tertiary/aromatic N) is 4. The van der Waals surface area contributed by atoms with Crippen molar-refractivity contribution in [2.24, 2.45) is 0 Å². The lowest BCUT2D eigenvalue weighted by molar-refractivity contribution is 1.15. The van der Waals surface area contributed by atoms with Crippen LogP contribution in [0.1, 0.15) is 26.5 Å². The van der Waals surface area contributed by atoms with E-state index >= 15 is 0 Å². The van der Waals surface area contributed by atoms with Gasteiger partial charge in [0.05, 0.1) is 5.69 Å². The minimum Gasteiger partial charge on any atom is -0.384 e. The lowest BCUT2D eigenvalue weighted by Gasteiger charge is -1.96. The smallest absolute Gasteiger partial charge is 0.127 e. The standard InChI is InChI=1S/C7H9N3.C4H4BrN3.C4H8/c1-5(2)6-3-7(8)10-4-9-6;5-3-1-4(6)8-2-7-3;1-4(2)3/h3-4H,1H2,2H3,(H2,8,9,10);1-2H,(H2,6,7,8);1H2,2-3H3. The third-order valence-corrected chi connectivity index (χ3v) is 2.21. The summed E-state index contributed by atoms with van der Waals surface area (Å²) in [5.74, 6) is 0.958. The highest BCUT2D eigenvalue weighted by Crippen LogP contribution is 2.08. The van der Waals surface area contributed by atoms with Gasteiger partial charge in [0.1, 0.15) is 28.9 Å². The number of hydrogen-bond donors (Lipinski definition) is 2. The van der Waals surface area contributed by atoms with Crippen molar-refractivity contribution in [3.05, 3.63) is 53.8 Å². The summed E-state index contributed by atoms with van der Waals surface area (Å²) in [6.07, 6.45) is 2.83. The third kappa shape index (κ3) is 10.5. The van der Waals surface area contributed by atoms with Gasteiger partial charge in [0, 0.05) is 12.1 Å². The monoisotopic (exact) mass is 364 g/mol. The van der Waals surface area contributed by atoms with E-state index in [1.54, 1.807) is 12.1 Å². The Hall–Kier alpha value is -2.28. The van der Waals surface area contributed by atoms with Crippen molar-refractivity contribution >= 4 is 33.1 Å². The molecule has 2 heterocycles. The van der Waals surface area contributed by atoms with Crippen LogP contribution >= 0.6 is 15.9 Å². The van der Waals surface area contributed by atoms with Crippen LogP contribution in [0.3, 0.4) is 0 Å². The van der Waals surface area contributed by atoms with Gasteiger partial charge in [0.15, 0.2) is 0 Å². The number of nitrogen functional groups attached to an aromatic ring is 2.